The molecule has 4 heteroatoms. The summed E-state index contributed by atoms with van der Waals surface area (Å²) in [4.78, 5) is 10.6. The summed E-state index contributed by atoms with van der Waals surface area (Å²) in [5.41, 5.74) is 0.387. The molecule has 0 aromatic heterocycles. The number of carbonyl (C=O) groups excluding carboxylic acids is 1. The van der Waals surface area contributed by atoms with Gasteiger partial charge in [-0.3, -0.25) is 0 Å². The van der Waals surface area contributed by atoms with Crippen molar-refractivity contribution in [1.29, 1.82) is 0 Å². The predicted molar refractivity (Wildman–Crippen MR) is 44.6 cm³/mol. The van der Waals surface area contributed by atoms with E-state index >= 15 is 0 Å². The molecule has 0 saturated heterocycles. The SMILES string of the molecule is C=C(C)C(=O)OCCCO.[NaH]. The first-order valence-electron chi connectivity index (χ1n) is 3.12. The Kier molecular flexibility index (Phi) is 10.3. The van der Waals surface area contributed by atoms with Gasteiger partial charge in [-0.2, -0.15) is 0 Å². The van der Waals surface area contributed by atoms with Crippen LogP contribution in [0.1, 0.15) is 13.3 Å². The summed E-state index contributed by atoms with van der Waals surface area (Å²) in [6.07, 6.45) is 0.485. The first kappa shape index (κ1) is 13.7. The first-order valence-corrected chi connectivity index (χ1v) is 3.12. The Balaban J connectivity index is 0. The molecular weight excluding hydrogens is 155 g/mol. The second kappa shape index (κ2) is 8.27. The third-order valence-corrected chi connectivity index (χ3v) is 0.884. The summed E-state index contributed by atoms with van der Waals surface area (Å²) in [6.45, 7) is 5.29. The Morgan fingerprint density at radius 2 is 2.18 bits per heavy atom. The monoisotopic (exact) mass is 168 g/mol. The number of aliphatic hydroxyl groups excluding tert-OH is 1. The maximum absolute atomic E-state index is 10.6. The predicted octanol–water partition coefficient (Wildman–Crippen LogP) is -0.160. The van der Waals surface area contributed by atoms with Crippen molar-refractivity contribution >= 4 is 35.5 Å². The standard InChI is InChI=1S/C7H12O3.Na.H/c1-6(2)7(9)10-5-3-4-8;;/h8H,1,3-5H2,2H3;;. The molecule has 60 valence electrons. The van der Waals surface area contributed by atoms with Crippen LogP contribution in [0.2, 0.25) is 0 Å². The Morgan fingerprint density at radius 3 is 2.55 bits per heavy atom. The van der Waals surface area contributed by atoms with Crippen molar-refractivity contribution in [2.75, 3.05) is 13.2 Å². The number of rotatable bonds is 4. The Bertz CT molecular complexity index is 134. The molecule has 11 heavy (non-hydrogen) atoms. The van der Waals surface area contributed by atoms with Crippen molar-refractivity contribution in [3.8, 4) is 0 Å². The van der Waals surface area contributed by atoms with Crippen LogP contribution in [0.5, 0.6) is 0 Å². The second-order valence-electron chi connectivity index (χ2n) is 1.99. The molecule has 0 atom stereocenters. The molecule has 0 aromatic rings. The van der Waals surface area contributed by atoms with Gasteiger partial charge in [0, 0.05) is 18.6 Å². The van der Waals surface area contributed by atoms with E-state index in [4.69, 9.17) is 5.11 Å². The van der Waals surface area contributed by atoms with Crippen LogP contribution < -0.4 is 0 Å². The summed E-state index contributed by atoms with van der Waals surface area (Å²) in [6, 6.07) is 0. The quantitative estimate of drug-likeness (QED) is 0.274. The molecule has 3 nitrogen and oxygen atoms in total. The average Bonchev–Trinajstić information content (AvgIpc) is 1.88. The molecule has 0 aliphatic rings. The van der Waals surface area contributed by atoms with Crippen molar-refractivity contribution < 1.29 is 14.6 Å². The number of aliphatic hydroxyl groups is 1. The number of hydrogen-bond donors (Lipinski definition) is 1. The fourth-order valence-electron chi connectivity index (χ4n) is 0.353. The molecule has 0 heterocycles. The zero-order valence-electron chi connectivity index (χ0n) is 6.09. The fourth-order valence-corrected chi connectivity index (χ4v) is 0.353. The number of hydrogen-bond acceptors (Lipinski definition) is 3. The van der Waals surface area contributed by atoms with Crippen molar-refractivity contribution in [1.82, 2.24) is 0 Å². The molecule has 0 fully saturated rings. The van der Waals surface area contributed by atoms with Crippen LogP contribution in [-0.2, 0) is 9.53 Å². The molecule has 0 rings (SSSR count). The van der Waals surface area contributed by atoms with Crippen LogP contribution in [0.3, 0.4) is 0 Å². The Labute approximate surface area is 88.7 Å². The van der Waals surface area contributed by atoms with Gasteiger partial charge in [0.15, 0.2) is 0 Å². The van der Waals surface area contributed by atoms with Gasteiger partial charge in [0.05, 0.1) is 6.61 Å². The summed E-state index contributed by atoms with van der Waals surface area (Å²) in [7, 11) is 0. The number of carbonyl (C=O) groups is 1. The molecule has 0 bridgehead atoms. The van der Waals surface area contributed by atoms with Crippen molar-refractivity contribution in [2.45, 2.75) is 13.3 Å². The molecule has 0 saturated carbocycles. The van der Waals surface area contributed by atoms with E-state index in [1.54, 1.807) is 6.92 Å². The molecule has 0 aromatic carbocycles. The first-order chi connectivity index (χ1) is 4.68. The molecule has 0 amide bonds. The molecule has 0 unspecified atom stereocenters. The second-order valence-corrected chi connectivity index (χ2v) is 1.99. The molecule has 0 spiro atoms. The summed E-state index contributed by atoms with van der Waals surface area (Å²) < 4.78 is 4.65. The van der Waals surface area contributed by atoms with Gasteiger partial charge in [-0.15, -0.1) is 0 Å². The van der Waals surface area contributed by atoms with Gasteiger partial charge in [-0.1, -0.05) is 6.58 Å². The van der Waals surface area contributed by atoms with E-state index in [1.165, 1.54) is 0 Å². The molecule has 0 radical (unpaired) electrons. The van der Waals surface area contributed by atoms with Gasteiger partial charge in [0.2, 0.25) is 0 Å². The summed E-state index contributed by atoms with van der Waals surface area (Å²) in [5, 5.41) is 8.30. The number of ether oxygens (including phenoxy) is 1. The summed E-state index contributed by atoms with van der Waals surface area (Å²) >= 11 is 0. The van der Waals surface area contributed by atoms with Gasteiger partial charge >= 0.3 is 35.5 Å². The van der Waals surface area contributed by atoms with Crippen LogP contribution in [0.4, 0.5) is 0 Å². The topological polar surface area (TPSA) is 46.5 Å². The van der Waals surface area contributed by atoms with Crippen molar-refractivity contribution in [2.24, 2.45) is 0 Å². The van der Waals surface area contributed by atoms with Crippen LogP contribution in [0.25, 0.3) is 0 Å². The molecule has 0 aliphatic heterocycles. The van der Waals surface area contributed by atoms with E-state index in [-0.39, 0.29) is 42.8 Å². The van der Waals surface area contributed by atoms with E-state index in [2.05, 4.69) is 11.3 Å². The van der Waals surface area contributed by atoms with Crippen LogP contribution in [-0.4, -0.2) is 53.8 Å². The van der Waals surface area contributed by atoms with E-state index in [0.29, 0.717) is 12.0 Å². The van der Waals surface area contributed by atoms with Gasteiger partial charge in [0.1, 0.15) is 0 Å². The minimum absolute atomic E-state index is 0. The third-order valence-electron chi connectivity index (χ3n) is 0.884. The van der Waals surface area contributed by atoms with E-state index in [1.807, 2.05) is 0 Å². The zero-order valence-corrected chi connectivity index (χ0v) is 6.09. The fraction of sp³-hybridized carbons (Fsp3) is 0.571. The van der Waals surface area contributed by atoms with E-state index in [9.17, 15) is 4.79 Å². The van der Waals surface area contributed by atoms with Crippen molar-refractivity contribution in [3.05, 3.63) is 12.2 Å². The summed E-state index contributed by atoms with van der Waals surface area (Å²) in [5.74, 6) is -0.395. The van der Waals surface area contributed by atoms with Gasteiger partial charge in [-0.05, 0) is 6.92 Å². The molecule has 1 N–H and O–H groups in total. The van der Waals surface area contributed by atoms with E-state index in [0.717, 1.165) is 0 Å². The van der Waals surface area contributed by atoms with Crippen LogP contribution >= 0.6 is 0 Å². The third kappa shape index (κ3) is 8.07. The maximum atomic E-state index is 10.6. The van der Waals surface area contributed by atoms with E-state index < -0.39 is 5.97 Å². The normalized spacial score (nSPS) is 8.18. The van der Waals surface area contributed by atoms with Gasteiger partial charge in [-0.25, -0.2) is 4.79 Å². The van der Waals surface area contributed by atoms with Gasteiger partial charge < -0.3 is 9.84 Å². The molecule has 0 aliphatic carbocycles. The zero-order chi connectivity index (χ0) is 7.98. The molecular formula is C7H13NaO3. The van der Waals surface area contributed by atoms with Crippen LogP contribution in [0.15, 0.2) is 12.2 Å². The van der Waals surface area contributed by atoms with Crippen LogP contribution in [0, 0.1) is 0 Å². The number of esters is 1. The average molecular weight is 168 g/mol. The minimum atomic E-state index is -0.395. The van der Waals surface area contributed by atoms with Crippen molar-refractivity contribution in [3.63, 3.8) is 0 Å². The Morgan fingerprint density at radius 1 is 1.64 bits per heavy atom. The van der Waals surface area contributed by atoms with Gasteiger partial charge in [0.25, 0.3) is 0 Å². The Hall–Kier alpha value is 0.170.